The fraction of sp³-hybridized carbons (Fsp3) is 0.500. The number of amides is 1. The van der Waals surface area contributed by atoms with Crippen LogP contribution in [0.25, 0.3) is 0 Å². The van der Waals surface area contributed by atoms with Gasteiger partial charge >= 0.3 is 0 Å². The molecule has 0 aliphatic carbocycles. The van der Waals surface area contributed by atoms with E-state index in [1.54, 1.807) is 12.1 Å². The van der Waals surface area contributed by atoms with E-state index in [-0.39, 0.29) is 24.3 Å². The number of furan rings is 1. The molecular formula is C10H14BrNO3. The van der Waals surface area contributed by atoms with Gasteiger partial charge in [0.05, 0.1) is 0 Å². The van der Waals surface area contributed by atoms with Crippen molar-refractivity contribution in [2.75, 3.05) is 6.61 Å². The Bertz CT molecular complexity index is 324. The lowest BCUT2D eigenvalue weighted by molar-refractivity contribution is 0.0899. The Morgan fingerprint density at radius 2 is 2.40 bits per heavy atom. The normalized spacial score (nSPS) is 12.5. The molecule has 1 aromatic rings. The molecule has 1 heterocycles. The van der Waals surface area contributed by atoms with E-state index in [1.165, 1.54) is 0 Å². The van der Waals surface area contributed by atoms with E-state index in [4.69, 9.17) is 9.52 Å². The number of carbonyl (C=O) groups is 1. The maximum Gasteiger partial charge on any atom is 0.287 e. The molecule has 0 spiro atoms. The molecule has 1 aromatic heterocycles. The summed E-state index contributed by atoms with van der Waals surface area (Å²) in [7, 11) is 0. The third kappa shape index (κ3) is 3.68. The van der Waals surface area contributed by atoms with Gasteiger partial charge in [0.25, 0.3) is 5.91 Å². The van der Waals surface area contributed by atoms with Gasteiger partial charge < -0.3 is 14.8 Å². The minimum atomic E-state index is -0.249. The monoisotopic (exact) mass is 275 g/mol. The molecule has 1 atom stereocenters. The summed E-state index contributed by atoms with van der Waals surface area (Å²) in [6, 6.07) is 3.26. The Balaban J connectivity index is 2.54. The first kappa shape index (κ1) is 12.3. The van der Waals surface area contributed by atoms with Crippen molar-refractivity contribution in [3.63, 3.8) is 0 Å². The lowest BCUT2D eigenvalue weighted by atomic mass is 10.1. The highest BCUT2D eigenvalue weighted by atomic mass is 79.9. The second-order valence-corrected chi connectivity index (χ2v) is 3.98. The Morgan fingerprint density at radius 3 is 2.87 bits per heavy atom. The van der Waals surface area contributed by atoms with Gasteiger partial charge in [-0.1, -0.05) is 6.92 Å². The van der Waals surface area contributed by atoms with Crippen molar-refractivity contribution >= 4 is 21.8 Å². The van der Waals surface area contributed by atoms with Crippen molar-refractivity contribution in [2.24, 2.45) is 0 Å². The Hall–Kier alpha value is -0.810. The summed E-state index contributed by atoms with van der Waals surface area (Å²) < 4.78 is 5.64. The molecule has 5 heteroatoms. The molecule has 1 unspecified atom stereocenters. The van der Waals surface area contributed by atoms with Crippen molar-refractivity contribution in [1.29, 1.82) is 0 Å². The van der Waals surface area contributed by atoms with Crippen LogP contribution in [0, 0.1) is 0 Å². The Labute approximate surface area is 96.8 Å². The van der Waals surface area contributed by atoms with E-state index >= 15 is 0 Å². The molecule has 15 heavy (non-hydrogen) atoms. The van der Waals surface area contributed by atoms with Gasteiger partial charge in [-0.3, -0.25) is 4.79 Å². The molecule has 4 nitrogen and oxygen atoms in total. The van der Waals surface area contributed by atoms with Crippen LogP contribution < -0.4 is 5.32 Å². The predicted molar refractivity (Wildman–Crippen MR) is 59.7 cm³/mol. The molecule has 1 rings (SSSR count). The van der Waals surface area contributed by atoms with Crippen molar-refractivity contribution < 1.29 is 14.3 Å². The number of halogens is 1. The lowest BCUT2D eigenvalue weighted by Crippen LogP contribution is -2.34. The van der Waals surface area contributed by atoms with E-state index in [9.17, 15) is 4.79 Å². The summed E-state index contributed by atoms with van der Waals surface area (Å²) in [6.07, 6.45) is 1.35. The molecule has 0 saturated carbocycles. The summed E-state index contributed by atoms with van der Waals surface area (Å²) in [5, 5.41) is 11.6. The average molecular weight is 276 g/mol. The van der Waals surface area contributed by atoms with Gasteiger partial charge in [-0.05, 0) is 40.9 Å². The predicted octanol–water partition coefficient (Wildman–Crippen LogP) is 1.93. The third-order valence-electron chi connectivity index (χ3n) is 2.10. The Kier molecular flexibility index (Phi) is 4.84. The highest BCUT2D eigenvalue weighted by Crippen LogP contribution is 2.14. The largest absolute Gasteiger partial charge is 0.444 e. The smallest absolute Gasteiger partial charge is 0.287 e. The molecule has 1 amide bonds. The summed E-state index contributed by atoms with van der Waals surface area (Å²) >= 11 is 3.13. The van der Waals surface area contributed by atoms with Gasteiger partial charge in [0.2, 0.25) is 0 Å². The maximum absolute atomic E-state index is 11.6. The molecule has 0 radical (unpaired) electrons. The standard InChI is InChI=1S/C10H14BrNO3/c1-2-7(5-6-13)12-10(14)8-3-4-9(11)15-8/h3-4,7,13H,2,5-6H2,1H3,(H,12,14). The van der Waals surface area contributed by atoms with Gasteiger partial charge in [-0.25, -0.2) is 0 Å². The van der Waals surface area contributed by atoms with Crippen LogP contribution in [0.15, 0.2) is 21.2 Å². The minimum Gasteiger partial charge on any atom is -0.444 e. The van der Waals surface area contributed by atoms with E-state index in [0.29, 0.717) is 11.1 Å². The highest BCUT2D eigenvalue weighted by molar-refractivity contribution is 9.10. The first-order chi connectivity index (χ1) is 7.17. The van der Waals surface area contributed by atoms with Crippen LogP contribution in [0.4, 0.5) is 0 Å². The maximum atomic E-state index is 11.6. The fourth-order valence-electron chi connectivity index (χ4n) is 1.23. The van der Waals surface area contributed by atoms with Gasteiger partial charge in [0.1, 0.15) is 0 Å². The van der Waals surface area contributed by atoms with Crippen molar-refractivity contribution in [2.45, 2.75) is 25.8 Å². The van der Waals surface area contributed by atoms with Crippen LogP contribution in [0.5, 0.6) is 0 Å². The van der Waals surface area contributed by atoms with Crippen LogP contribution >= 0.6 is 15.9 Å². The van der Waals surface area contributed by atoms with E-state index in [1.807, 2.05) is 6.92 Å². The van der Waals surface area contributed by atoms with Crippen molar-refractivity contribution in [3.8, 4) is 0 Å². The van der Waals surface area contributed by atoms with Gasteiger partial charge in [-0.2, -0.15) is 0 Å². The number of hydrogen-bond donors (Lipinski definition) is 2. The quantitative estimate of drug-likeness (QED) is 0.863. The molecular weight excluding hydrogens is 262 g/mol. The second kappa shape index (κ2) is 5.92. The zero-order valence-electron chi connectivity index (χ0n) is 8.50. The fourth-order valence-corrected chi connectivity index (χ4v) is 1.53. The average Bonchev–Trinajstić information content (AvgIpc) is 2.64. The summed E-state index contributed by atoms with van der Waals surface area (Å²) in [6.45, 7) is 2.03. The number of nitrogens with one attached hydrogen (secondary N) is 1. The van der Waals surface area contributed by atoms with Gasteiger partial charge in [-0.15, -0.1) is 0 Å². The topological polar surface area (TPSA) is 62.5 Å². The highest BCUT2D eigenvalue weighted by Gasteiger charge is 2.14. The van der Waals surface area contributed by atoms with Crippen LogP contribution in [0.1, 0.15) is 30.3 Å². The zero-order valence-corrected chi connectivity index (χ0v) is 10.1. The van der Waals surface area contributed by atoms with Gasteiger partial charge in [0, 0.05) is 12.6 Å². The number of carbonyl (C=O) groups excluding carboxylic acids is 1. The van der Waals surface area contributed by atoms with Crippen LogP contribution in [0.3, 0.4) is 0 Å². The van der Waals surface area contributed by atoms with Crippen molar-refractivity contribution in [1.82, 2.24) is 5.32 Å². The van der Waals surface area contributed by atoms with Crippen LogP contribution in [0.2, 0.25) is 0 Å². The molecule has 0 bridgehead atoms. The number of aliphatic hydroxyl groups excluding tert-OH is 1. The Morgan fingerprint density at radius 1 is 1.67 bits per heavy atom. The molecule has 0 aromatic carbocycles. The van der Waals surface area contributed by atoms with Gasteiger partial charge in [0.15, 0.2) is 10.4 Å². The van der Waals surface area contributed by atoms with E-state index < -0.39 is 0 Å². The SMILES string of the molecule is CCC(CCO)NC(=O)c1ccc(Br)o1. The minimum absolute atomic E-state index is 0.00799. The first-order valence-corrected chi connectivity index (χ1v) is 5.63. The second-order valence-electron chi connectivity index (χ2n) is 3.19. The van der Waals surface area contributed by atoms with Crippen molar-refractivity contribution in [3.05, 3.63) is 22.6 Å². The molecule has 0 fully saturated rings. The summed E-state index contributed by atoms with van der Waals surface area (Å²) in [5.74, 6) is 0.0271. The molecule has 0 saturated heterocycles. The molecule has 0 aliphatic rings. The molecule has 2 N–H and O–H groups in total. The zero-order chi connectivity index (χ0) is 11.3. The first-order valence-electron chi connectivity index (χ1n) is 4.84. The van der Waals surface area contributed by atoms with Crippen LogP contribution in [-0.4, -0.2) is 23.7 Å². The molecule has 84 valence electrons. The van der Waals surface area contributed by atoms with E-state index in [0.717, 1.165) is 6.42 Å². The number of aliphatic hydroxyl groups is 1. The van der Waals surface area contributed by atoms with Crippen LogP contribution in [-0.2, 0) is 0 Å². The summed E-state index contributed by atoms with van der Waals surface area (Å²) in [5.41, 5.74) is 0. The number of hydrogen-bond acceptors (Lipinski definition) is 3. The number of rotatable bonds is 5. The van der Waals surface area contributed by atoms with E-state index in [2.05, 4.69) is 21.2 Å². The summed E-state index contributed by atoms with van der Waals surface area (Å²) in [4.78, 5) is 11.6. The third-order valence-corrected chi connectivity index (χ3v) is 2.53. The lowest BCUT2D eigenvalue weighted by Gasteiger charge is -2.14. The molecule has 0 aliphatic heterocycles.